The maximum atomic E-state index is 13.6. The van der Waals surface area contributed by atoms with Crippen molar-refractivity contribution in [1.29, 1.82) is 0 Å². The number of hydrogen-bond acceptors (Lipinski definition) is 6. The van der Waals surface area contributed by atoms with E-state index in [1.54, 1.807) is 31.2 Å². The SMILES string of the molecule is Cc1cc2oc(-c3ccc(C(C)(C)C)cc3)c(OC(=O)CCCN3C(=O)c4ccc(Br)cc4C3=O)c(=O)c2cc1Cl. The molecule has 0 fully saturated rings. The van der Waals surface area contributed by atoms with Crippen LogP contribution in [-0.4, -0.2) is 29.2 Å². The van der Waals surface area contributed by atoms with Crippen LogP contribution in [0.25, 0.3) is 22.3 Å². The first-order chi connectivity index (χ1) is 19.3. The number of carbonyl (C=O) groups excluding carboxylic acids is 3. The molecule has 2 amide bonds. The Morgan fingerprint density at radius 1 is 0.976 bits per heavy atom. The summed E-state index contributed by atoms with van der Waals surface area (Å²) in [6, 6.07) is 15.6. The highest BCUT2D eigenvalue weighted by molar-refractivity contribution is 9.10. The van der Waals surface area contributed by atoms with Gasteiger partial charge in [0, 0.05) is 28.0 Å². The van der Waals surface area contributed by atoms with E-state index in [0.29, 0.717) is 31.8 Å². The Morgan fingerprint density at radius 3 is 2.34 bits per heavy atom. The first-order valence-electron chi connectivity index (χ1n) is 13.1. The van der Waals surface area contributed by atoms with E-state index < -0.39 is 23.2 Å². The third-order valence-electron chi connectivity index (χ3n) is 7.05. The number of nitrogens with zero attached hydrogens (tertiary/aromatic N) is 1. The summed E-state index contributed by atoms with van der Waals surface area (Å²) in [6.07, 6.45) is 0.0245. The number of halogens is 2. The number of amides is 2. The first-order valence-corrected chi connectivity index (χ1v) is 14.3. The highest BCUT2D eigenvalue weighted by Gasteiger charge is 2.35. The smallest absolute Gasteiger partial charge is 0.311 e. The largest absolute Gasteiger partial charge is 0.452 e. The monoisotopic (exact) mass is 635 g/mol. The summed E-state index contributed by atoms with van der Waals surface area (Å²) in [6.45, 7) is 8.12. The minimum atomic E-state index is -0.693. The zero-order valence-corrected chi connectivity index (χ0v) is 25.3. The second kappa shape index (κ2) is 10.9. The average molecular weight is 637 g/mol. The number of ether oxygens (including phenoxy) is 1. The molecule has 1 aliphatic heterocycles. The molecule has 3 aromatic carbocycles. The highest BCUT2D eigenvalue weighted by Crippen LogP contribution is 2.34. The van der Waals surface area contributed by atoms with E-state index in [1.807, 2.05) is 24.3 Å². The van der Waals surface area contributed by atoms with Crippen LogP contribution in [0, 0.1) is 6.92 Å². The van der Waals surface area contributed by atoms with E-state index >= 15 is 0 Å². The van der Waals surface area contributed by atoms with Crippen molar-refractivity contribution in [3.05, 3.63) is 96.6 Å². The van der Waals surface area contributed by atoms with E-state index in [0.717, 1.165) is 16.0 Å². The van der Waals surface area contributed by atoms with Crippen LogP contribution in [0.3, 0.4) is 0 Å². The van der Waals surface area contributed by atoms with E-state index in [-0.39, 0.29) is 41.7 Å². The van der Waals surface area contributed by atoms with Crippen molar-refractivity contribution >= 4 is 56.3 Å². The van der Waals surface area contributed by atoms with Gasteiger partial charge in [0.25, 0.3) is 11.8 Å². The van der Waals surface area contributed by atoms with E-state index in [9.17, 15) is 19.2 Å². The Morgan fingerprint density at radius 2 is 1.66 bits per heavy atom. The maximum absolute atomic E-state index is 13.6. The molecule has 0 N–H and O–H groups in total. The van der Waals surface area contributed by atoms with Gasteiger partial charge in [-0.3, -0.25) is 24.1 Å². The molecule has 7 nitrogen and oxygen atoms in total. The number of imide groups is 1. The molecule has 0 saturated carbocycles. The van der Waals surface area contributed by atoms with Crippen molar-refractivity contribution in [1.82, 2.24) is 4.90 Å². The van der Waals surface area contributed by atoms with Gasteiger partial charge in [-0.1, -0.05) is 72.6 Å². The molecule has 210 valence electrons. The molecule has 2 heterocycles. The van der Waals surface area contributed by atoms with Crippen LogP contribution in [0.5, 0.6) is 5.75 Å². The molecule has 1 aliphatic rings. The van der Waals surface area contributed by atoms with Crippen molar-refractivity contribution in [3.63, 3.8) is 0 Å². The molecule has 0 atom stereocenters. The molecular weight excluding hydrogens is 610 g/mol. The van der Waals surface area contributed by atoms with Gasteiger partial charge in [-0.2, -0.15) is 0 Å². The number of fused-ring (bicyclic) bond motifs is 2. The number of rotatable bonds is 6. The Labute approximate surface area is 250 Å². The van der Waals surface area contributed by atoms with Gasteiger partial charge in [0.15, 0.2) is 5.76 Å². The highest BCUT2D eigenvalue weighted by atomic mass is 79.9. The van der Waals surface area contributed by atoms with Crippen molar-refractivity contribution in [2.75, 3.05) is 6.54 Å². The van der Waals surface area contributed by atoms with Crippen LogP contribution >= 0.6 is 27.5 Å². The van der Waals surface area contributed by atoms with Gasteiger partial charge in [-0.05, 0) is 60.2 Å². The predicted molar refractivity (Wildman–Crippen MR) is 161 cm³/mol. The number of esters is 1. The van der Waals surface area contributed by atoms with Crippen LogP contribution in [0.1, 0.15) is 65.5 Å². The summed E-state index contributed by atoms with van der Waals surface area (Å²) in [5, 5.41) is 0.577. The molecule has 0 radical (unpaired) electrons. The Bertz CT molecular complexity index is 1790. The van der Waals surface area contributed by atoms with Crippen LogP contribution in [0.4, 0.5) is 0 Å². The number of benzene rings is 3. The third-order valence-corrected chi connectivity index (χ3v) is 7.95. The number of hydrogen-bond donors (Lipinski definition) is 0. The van der Waals surface area contributed by atoms with Crippen molar-refractivity contribution in [3.8, 4) is 17.1 Å². The summed E-state index contributed by atoms with van der Waals surface area (Å²) in [4.78, 5) is 53.1. The van der Waals surface area contributed by atoms with Gasteiger partial charge in [0.1, 0.15) is 5.58 Å². The lowest BCUT2D eigenvalue weighted by Gasteiger charge is -2.19. The normalized spacial score (nSPS) is 13.2. The topological polar surface area (TPSA) is 93.9 Å². The molecule has 0 spiro atoms. The van der Waals surface area contributed by atoms with Crippen LogP contribution in [0.2, 0.25) is 5.02 Å². The summed E-state index contributed by atoms with van der Waals surface area (Å²) >= 11 is 9.60. The summed E-state index contributed by atoms with van der Waals surface area (Å²) in [7, 11) is 0. The molecule has 1 aromatic heterocycles. The second-order valence-electron chi connectivity index (χ2n) is 11.0. The van der Waals surface area contributed by atoms with Crippen LogP contribution < -0.4 is 10.2 Å². The van der Waals surface area contributed by atoms with Crippen LogP contribution in [0.15, 0.2) is 68.3 Å². The summed E-state index contributed by atoms with van der Waals surface area (Å²) in [5.74, 6) is -1.63. The summed E-state index contributed by atoms with van der Waals surface area (Å²) < 4.78 is 12.5. The van der Waals surface area contributed by atoms with Crippen molar-refractivity contribution in [2.24, 2.45) is 0 Å². The number of carbonyl (C=O) groups is 3. The molecule has 0 aliphatic carbocycles. The van der Waals surface area contributed by atoms with E-state index in [1.165, 1.54) is 6.07 Å². The molecule has 0 unspecified atom stereocenters. The quantitative estimate of drug-likeness (QED) is 0.161. The van der Waals surface area contributed by atoms with Gasteiger partial charge < -0.3 is 9.15 Å². The fourth-order valence-electron chi connectivity index (χ4n) is 4.72. The molecule has 5 rings (SSSR count). The van der Waals surface area contributed by atoms with Gasteiger partial charge in [-0.25, -0.2) is 0 Å². The van der Waals surface area contributed by atoms with Gasteiger partial charge in [-0.15, -0.1) is 0 Å². The van der Waals surface area contributed by atoms with Crippen molar-refractivity contribution < 1.29 is 23.5 Å². The van der Waals surface area contributed by atoms with Crippen molar-refractivity contribution in [2.45, 2.75) is 46.0 Å². The standard InChI is InChI=1S/C32H27BrClNO6/c1-17-14-25-23(16-24(17)34)27(37)29(28(40-25)18-7-9-19(10-8-18)32(2,3)4)41-26(36)6-5-13-35-30(38)21-12-11-20(33)15-22(21)31(35)39/h7-12,14-16H,5-6,13H2,1-4H3. The maximum Gasteiger partial charge on any atom is 0.311 e. The molecule has 4 aromatic rings. The molecule has 0 bridgehead atoms. The van der Waals surface area contributed by atoms with Crippen LogP contribution in [-0.2, 0) is 10.2 Å². The van der Waals surface area contributed by atoms with E-state index in [2.05, 4.69) is 36.7 Å². The van der Waals surface area contributed by atoms with Gasteiger partial charge in [0.05, 0.1) is 16.5 Å². The number of aryl methyl sites for hydroxylation is 1. The van der Waals surface area contributed by atoms with Gasteiger partial charge in [0.2, 0.25) is 11.2 Å². The Kier molecular flexibility index (Phi) is 7.66. The zero-order valence-electron chi connectivity index (χ0n) is 23.0. The predicted octanol–water partition coefficient (Wildman–Crippen LogP) is 7.46. The average Bonchev–Trinajstić information content (AvgIpc) is 3.15. The second-order valence-corrected chi connectivity index (χ2v) is 12.4. The lowest BCUT2D eigenvalue weighted by molar-refractivity contribution is -0.134. The fraction of sp³-hybridized carbons (Fsp3) is 0.250. The molecule has 9 heteroatoms. The first kappa shape index (κ1) is 28.8. The van der Waals surface area contributed by atoms with Gasteiger partial charge >= 0.3 is 5.97 Å². The van der Waals surface area contributed by atoms with E-state index in [4.69, 9.17) is 20.8 Å². The lowest BCUT2D eigenvalue weighted by Crippen LogP contribution is -2.31. The minimum Gasteiger partial charge on any atom is -0.452 e. The molecule has 41 heavy (non-hydrogen) atoms. The zero-order chi connectivity index (χ0) is 29.6. The fourth-order valence-corrected chi connectivity index (χ4v) is 5.24. The minimum absolute atomic E-state index is 0.0292. The molecular formula is C32H27BrClNO6. The Balaban J connectivity index is 1.40. The third kappa shape index (κ3) is 5.59. The lowest BCUT2D eigenvalue weighted by atomic mass is 9.86. The Hall–Kier alpha value is -3.75. The molecule has 0 saturated heterocycles. The summed E-state index contributed by atoms with van der Waals surface area (Å²) in [5.41, 5.74) is 2.76.